The Balaban J connectivity index is 0.0000212. The third-order valence-corrected chi connectivity index (χ3v) is 15.4. The number of carbonyl (C=O) groups excluding carboxylic acids is 6. The predicted octanol–water partition coefficient (Wildman–Crippen LogP) is 5.85. The number of hydrogen-bond acceptors (Lipinski definition) is 25. The maximum atomic E-state index is 14.3. The van der Waals surface area contributed by atoms with E-state index in [1.807, 2.05) is 51.3 Å². The molecule has 2 aromatic heterocycles. The van der Waals surface area contributed by atoms with Crippen LogP contribution in [0.3, 0.4) is 0 Å². The van der Waals surface area contributed by atoms with Gasteiger partial charge in [0.05, 0.1) is 24.5 Å². The van der Waals surface area contributed by atoms with E-state index in [0.29, 0.717) is 141 Å². The normalized spacial score (nSPS) is 21.6. The number of ether oxygens (including phenoxy) is 9. The highest BCUT2D eigenvalue weighted by atomic mass is 35.5. The summed E-state index contributed by atoms with van der Waals surface area (Å²) in [6.45, 7) is 16.0. The van der Waals surface area contributed by atoms with Crippen LogP contribution in [0.4, 0.5) is 0 Å². The summed E-state index contributed by atoms with van der Waals surface area (Å²) in [6.07, 6.45) is -0.407. The number of rotatable bonds is 48. The van der Waals surface area contributed by atoms with E-state index in [2.05, 4.69) is 20.6 Å². The van der Waals surface area contributed by atoms with Gasteiger partial charge in [0.25, 0.3) is 0 Å². The molecular formula is C62H111ClN12O15. The van der Waals surface area contributed by atoms with Gasteiger partial charge in [-0.2, -0.15) is 0 Å². The number of nitrogens with zero attached hydrogens (tertiary/aromatic N) is 8. The standard InChI is InChI=1S/C62H110N12O15.ClH/c1-7-13-19-25-49(75)83-55-47(43-73-41-45(67-69-73)39-71(35-31-63)36-32-64)81-61(59(87-53(79)29-23-17-11-5)57(55)85-51(77)27-21-15-9-3)89-62-60(88-54(80)30-24-18-12-6)58(86-52(78)28-22-16-10-4)56(84-50(76)26-20-14-8-2)48(82-62)44-74-42-46(68-70-74)40-72(37-33-65)38-34-66;/h41-42,47-48,55-62H,7-40,43-44,63-66H2,1-6H3;1H/t47-,48-,55-,56-,57+,58+,59-,60+,61-,62-;/m1./s1. The molecule has 4 rings (SSSR count). The van der Waals surface area contributed by atoms with Gasteiger partial charge in [-0.15, -0.1) is 22.6 Å². The molecule has 0 radical (unpaired) electrons. The van der Waals surface area contributed by atoms with Gasteiger partial charge in [-0.3, -0.25) is 38.6 Å². The molecule has 10 atom stereocenters. The van der Waals surface area contributed by atoms with Crippen molar-refractivity contribution >= 4 is 48.2 Å². The summed E-state index contributed by atoms with van der Waals surface area (Å²) in [7, 11) is 0. The summed E-state index contributed by atoms with van der Waals surface area (Å²) < 4.78 is 62.4. The molecule has 2 saturated heterocycles. The third-order valence-electron chi connectivity index (χ3n) is 15.4. The van der Waals surface area contributed by atoms with Crippen LogP contribution in [0.25, 0.3) is 0 Å². The maximum Gasteiger partial charge on any atom is 0.306 e. The summed E-state index contributed by atoms with van der Waals surface area (Å²) in [4.78, 5) is 89.5. The molecule has 0 aliphatic carbocycles. The minimum atomic E-state index is -1.79. The molecule has 28 heteroatoms. The molecule has 0 saturated carbocycles. The molecule has 2 aliphatic rings. The lowest BCUT2D eigenvalue weighted by atomic mass is 9.96. The second kappa shape index (κ2) is 46.2. The SMILES string of the molecule is CCCCCC(=O)O[C@@H]1[C@H](OC(=O)CCCCC)[C@@H](O[C@H]2O[C@H](Cn3cc(CN(CCN)CCN)nn3)[C@@H](OC(=O)CCCCC)[C@H](OC(=O)CCCCC)[C@H]2OC(=O)CCCCC)O[C@H](Cn2cc(CN(CCN)CCN)nn2)[C@H]1OC(=O)CCCCC.Cl. The zero-order valence-corrected chi connectivity index (χ0v) is 55.6. The Morgan fingerprint density at radius 1 is 0.411 bits per heavy atom. The number of carbonyl (C=O) groups is 6. The quantitative estimate of drug-likeness (QED) is 0.0343. The molecule has 27 nitrogen and oxygen atoms in total. The Hall–Kier alpha value is -4.97. The van der Waals surface area contributed by atoms with E-state index in [1.165, 1.54) is 9.36 Å². The molecule has 0 unspecified atom stereocenters. The molecule has 0 spiro atoms. The van der Waals surface area contributed by atoms with Crippen molar-refractivity contribution in [1.82, 2.24) is 39.8 Å². The van der Waals surface area contributed by atoms with Crippen LogP contribution in [-0.4, -0.2) is 189 Å². The Kier molecular flexibility index (Phi) is 40.7. The highest BCUT2D eigenvalue weighted by Crippen LogP contribution is 2.37. The molecule has 0 aromatic carbocycles. The molecule has 516 valence electrons. The average molecular weight is 1300 g/mol. The van der Waals surface area contributed by atoms with Crippen LogP contribution in [-0.2, 0) is 97.6 Å². The van der Waals surface area contributed by atoms with Crippen molar-refractivity contribution < 1.29 is 71.4 Å². The largest absolute Gasteiger partial charge is 0.455 e. The van der Waals surface area contributed by atoms with E-state index in [1.54, 1.807) is 12.4 Å². The first-order chi connectivity index (χ1) is 43.2. The summed E-state index contributed by atoms with van der Waals surface area (Å²) >= 11 is 0. The van der Waals surface area contributed by atoms with Crippen molar-refractivity contribution in [2.24, 2.45) is 22.9 Å². The van der Waals surface area contributed by atoms with Gasteiger partial charge in [-0.05, 0) is 38.5 Å². The van der Waals surface area contributed by atoms with E-state index in [0.717, 1.165) is 51.4 Å². The first kappa shape index (κ1) is 79.3. The number of aromatic nitrogens is 6. The summed E-state index contributed by atoms with van der Waals surface area (Å²) in [5.74, 6) is -3.98. The van der Waals surface area contributed by atoms with E-state index in [4.69, 9.17) is 65.6 Å². The topological polar surface area (TPSA) is 357 Å². The van der Waals surface area contributed by atoms with Crippen LogP contribution < -0.4 is 22.9 Å². The summed E-state index contributed by atoms with van der Waals surface area (Å²) in [6, 6.07) is 0. The lowest BCUT2D eigenvalue weighted by Gasteiger charge is -2.48. The van der Waals surface area contributed by atoms with Gasteiger partial charge in [0.1, 0.15) is 12.2 Å². The molecule has 0 amide bonds. The number of hydrogen-bond donors (Lipinski definition) is 4. The Morgan fingerprint density at radius 2 is 0.667 bits per heavy atom. The maximum absolute atomic E-state index is 14.3. The summed E-state index contributed by atoms with van der Waals surface area (Å²) in [5.41, 5.74) is 24.9. The van der Waals surface area contributed by atoms with Crippen molar-refractivity contribution in [3.05, 3.63) is 23.8 Å². The van der Waals surface area contributed by atoms with Gasteiger partial charge in [0.15, 0.2) is 36.6 Å². The van der Waals surface area contributed by atoms with Crippen LogP contribution in [0.5, 0.6) is 0 Å². The van der Waals surface area contributed by atoms with Crippen molar-refractivity contribution in [3.63, 3.8) is 0 Å². The van der Waals surface area contributed by atoms with Crippen LogP contribution >= 0.6 is 12.4 Å². The van der Waals surface area contributed by atoms with Gasteiger partial charge in [-0.25, -0.2) is 9.36 Å². The van der Waals surface area contributed by atoms with Gasteiger partial charge in [-0.1, -0.05) is 129 Å². The monoisotopic (exact) mass is 1300 g/mol. The first-order valence-corrected chi connectivity index (χ1v) is 33.3. The number of esters is 6. The fourth-order valence-corrected chi connectivity index (χ4v) is 10.7. The molecule has 90 heavy (non-hydrogen) atoms. The Bertz CT molecular complexity index is 2160. The summed E-state index contributed by atoms with van der Waals surface area (Å²) in [5, 5.41) is 17.8. The number of unbranched alkanes of at least 4 members (excludes halogenated alkanes) is 12. The molecule has 2 aromatic rings. The zero-order valence-electron chi connectivity index (χ0n) is 54.8. The van der Waals surface area contributed by atoms with Crippen molar-refractivity contribution in [1.29, 1.82) is 0 Å². The first-order valence-electron chi connectivity index (χ1n) is 33.3. The van der Waals surface area contributed by atoms with Crippen molar-refractivity contribution in [2.45, 2.75) is 283 Å². The molecule has 2 aliphatic heterocycles. The Morgan fingerprint density at radius 3 is 0.922 bits per heavy atom. The molecule has 0 bridgehead atoms. The third kappa shape index (κ3) is 28.9. The highest BCUT2D eigenvalue weighted by Gasteiger charge is 2.58. The molecule has 8 N–H and O–H groups in total. The number of halogens is 1. The van der Waals surface area contributed by atoms with Crippen molar-refractivity contribution in [3.8, 4) is 0 Å². The smallest absolute Gasteiger partial charge is 0.306 e. The molecular weight excluding hydrogens is 1190 g/mol. The molecule has 4 heterocycles. The second-order valence-corrected chi connectivity index (χ2v) is 23.3. The lowest BCUT2D eigenvalue weighted by molar-refractivity contribution is -0.376. The van der Waals surface area contributed by atoms with Gasteiger partial charge in [0.2, 0.25) is 12.6 Å². The Labute approximate surface area is 539 Å². The molecule has 2 fully saturated rings. The van der Waals surface area contributed by atoms with Gasteiger partial charge >= 0.3 is 35.8 Å². The van der Waals surface area contributed by atoms with Crippen LogP contribution in [0.2, 0.25) is 0 Å². The fourth-order valence-electron chi connectivity index (χ4n) is 10.7. The highest BCUT2D eigenvalue weighted by molar-refractivity contribution is 5.85. The van der Waals surface area contributed by atoms with Crippen LogP contribution in [0.1, 0.15) is 207 Å². The van der Waals surface area contributed by atoms with Crippen LogP contribution in [0.15, 0.2) is 12.4 Å². The van der Waals surface area contributed by atoms with Gasteiger partial charge in [0, 0.05) is 116 Å². The second-order valence-electron chi connectivity index (χ2n) is 23.3. The van der Waals surface area contributed by atoms with E-state index in [9.17, 15) is 28.8 Å². The van der Waals surface area contributed by atoms with Crippen molar-refractivity contribution in [2.75, 3.05) is 52.4 Å². The van der Waals surface area contributed by atoms with E-state index < -0.39 is 97.2 Å². The van der Waals surface area contributed by atoms with Crippen LogP contribution in [0, 0.1) is 0 Å². The zero-order chi connectivity index (χ0) is 64.8. The lowest BCUT2D eigenvalue weighted by Crippen LogP contribution is -2.66. The van der Waals surface area contributed by atoms with Gasteiger partial charge < -0.3 is 65.6 Å². The van der Waals surface area contributed by atoms with E-state index >= 15 is 0 Å². The average Bonchev–Trinajstić information content (AvgIpc) is 0.893. The number of nitrogens with two attached hydrogens (primary N) is 4. The minimum Gasteiger partial charge on any atom is -0.455 e. The van der Waals surface area contributed by atoms with E-state index in [-0.39, 0.29) is 64.0 Å². The predicted molar refractivity (Wildman–Crippen MR) is 337 cm³/mol. The minimum absolute atomic E-state index is 0. The fraction of sp³-hybridized carbons (Fsp3) is 0.839.